The van der Waals surface area contributed by atoms with E-state index >= 15 is 0 Å². The van der Waals surface area contributed by atoms with Crippen LogP contribution in [0.5, 0.6) is 11.5 Å². The maximum absolute atomic E-state index is 13.9. The highest BCUT2D eigenvalue weighted by Crippen LogP contribution is 2.20. The lowest BCUT2D eigenvalue weighted by atomic mass is 10.0. The van der Waals surface area contributed by atoms with Crippen molar-refractivity contribution in [2.75, 3.05) is 19.6 Å². The molecular formula is C40H52N10O8. The van der Waals surface area contributed by atoms with Crippen molar-refractivity contribution in [2.24, 2.45) is 27.9 Å². The number of hydrogen-bond acceptors (Lipinski definition) is 10. The molecule has 310 valence electrons. The standard InChI is InChI=1S/C40H52N10O8/c41-29(20-25-10-14-27(51)15-11-25)36(55)48-30(8-4-18-45-40(43)44)38(57)49-31(21-24-6-2-1-3-7-24)37(56)46-23-34(53)47-32(22-26-12-16-28(52)17-13-26)39(58)50-19-5-9-33(50)35(42)54/h1-3,6-7,10-17,29-33,51-52H,4-5,8-9,18-23,41H2,(H2,42,54)(H,46,56)(H,47,53)(H,48,55)(H,49,57)(H4,43,44,45). The Morgan fingerprint density at radius 2 is 1.28 bits per heavy atom. The van der Waals surface area contributed by atoms with Gasteiger partial charge in [-0.15, -0.1) is 0 Å². The number of nitrogens with one attached hydrogen (secondary N) is 4. The molecule has 18 nitrogen and oxygen atoms in total. The van der Waals surface area contributed by atoms with E-state index in [-0.39, 0.29) is 62.7 Å². The monoisotopic (exact) mass is 800 g/mol. The molecule has 5 atom stereocenters. The molecule has 58 heavy (non-hydrogen) atoms. The topological polar surface area (TPSA) is 311 Å². The summed E-state index contributed by atoms with van der Waals surface area (Å²) in [7, 11) is 0. The van der Waals surface area contributed by atoms with Crippen LogP contribution in [0.25, 0.3) is 0 Å². The van der Waals surface area contributed by atoms with Crippen molar-refractivity contribution in [2.45, 2.75) is 75.2 Å². The van der Waals surface area contributed by atoms with Crippen LogP contribution in [0.4, 0.5) is 0 Å². The smallest absolute Gasteiger partial charge is 0.246 e. The molecule has 3 aromatic carbocycles. The Bertz CT molecular complexity index is 1910. The van der Waals surface area contributed by atoms with Crippen molar-refractivity contribution in [1.82, 2.24) is 26.2 Å². The number of guanidine groups is 1. The zero-order valence-corrected chi connectivity index (χ0v) is 32.0. The van der Waals surface area contributed by atoms with Crippen molar-refractivity contribution >= 4 is 41.4 Å². The van der Waals surface area contributed by atoms with Gasteiger partial charge in [-0.1, -0.05) is 54.6 Å². The highest BCUT2D eigenvalue weighted by molar-refractivity contribution is 5.96. The molecule has 0 bridgehead atoms. The predicted molar refractivity (Wildman–Crippen MR) is 214 cm³/mol. The van der Waals surface area contributed by atoms with Gasteiger partial charge < -0.3 is 59.3 Å². The number of rotatable bonds is 20. The number of amides is 6. The molecule has 18 heteroatoms. The number of likely N-dealkylation sites (tertiary alicyclic amines) is 1. The van der Waals surface area contributed by atoms with Crippen LogP contribution in [-0.2, 0) is 48.0 Å². The van der Waals surface area contributed by atoms with Crippen LogP contribution in [0, 0.1) is 0 Å². The Hall–Kier alpha value is -6.69. The number of carbonyl (C=O) groups excluding carboxylic acids is 6. The molecule has 0 spiro atoms. The quantitative estimate of drug-likeness (QED) is 0.0358. The summed E-state index contributed by atoms with van der Waals surface area (Å²) in [5, 5.41) is 29.9. The number of aliphatic imine (C=N–C) groups is 1. The molecule has 0 aromatic heterocycles. The minimum Gasteiger partial charge on any atom is -0.508 e. The lowest BCUT2D eigenvalue weighted by Gasteiger charge is -2.28. The summed E-state index contributed by atoms with van der Waals surface area (Å²) < 4.78 is 0. The molecule has 1 aliphatic heterocycles. The van der Waals surface area contributed by atoms with Crippen LogP contribution in [-0.4, -0.2) is 106 Å². The van der Waals surface area contributed by atoms with Gasteiger partial charge in [-0.25, -0.2) is 0 Å². The second kappa shape index (κ2) is 21.6. The molecular weight excluding hydrogens is 749 g/mol. The molecule has 0 aliphatic carbocycles. The Kier molecular flexibility index (Phi) is 16.4. The number of hydrogen-bond donors (Lipinski definition) is 10. The zero-order valence-electron chi connectivity index (χ0n) is 32.0. The number of phenols is 2. The number of aromatic hydroxyl groups is 2. The summed E-state index contributed by atoms with van der Waals surface area (Å²) in [6.07, 6.45) is 1.44. The van der Waals surface area contributed by atoms with Gasteiger partial charge in [0.1, 0.15) is 35.7 Å². The van der Waals surface area contributed by atoms with Crippen LogP contribution >= 0.6 is 0 Å². The fourth-order valence-corrected chi connectivity index (χ4v) is 6.49. The SMILES string of the molecule is NC(=O)C1CCCN1C(=O)C(Cc1ccc(O)cc1)NC(=O)CNC(=O)C(Cc1ccccc1)NC(=O)C(CCCN=C(N)N)NC(=O)C(N)Cc1ccc(O)cc1. The van der Waals surface area contributed by atoms with Gasteiger partial charge in [-0.3, -0.25) is 33.8 Å². The fraction of sp³-hybridized carbons (Fsp3) is 0.375. The van der Waals surface area contributed by atoms with Crippen LogP contribution in [0.15, 0.2) is 83.9 Å². The number of carbonyl (C=O) groups is 6. The highest BCUT2D eigenvalue weighted by Gasteiger charge is 2.37. The highest BCUT2D eigenvalue weighted by atomic mass is 16.3. The van der Waals surface area contributed by atoms with Gasteiger partial charge in [0.25, 0.3) is 0 Å². The van der Waals surface area contributed by atoms with Crippen molar-refractivity contribution in [3.63, 3.8) is 0 Å². The van der Waals surface area contributed by atoms with E-state index in [0.29, 0.717) is 29.5 Å². The van der Waals surface area contributed by atoms with Gasteiger partial charge in [0.05, 0.1) is 12.6 Å². The number of phenolic OH excluding ortho intramolecular Hbond substituents is 2. The van der Waals surface area contributed by atoms with E-state index in [2.05, 4.69) is 26.3 Å². The normalized spacial score (nSPS) is 15.5. The van der Waals surface area contributed by atoms with Crippen LogP contribution < -0.4 is 44.2 Å². The average molecular weight is 801 g/mol. The summed E-state index contributed by atoms with van der Waals surface area (Å²) in [5.74, 6) is -4.06. The lowest BCUT2D eigenvalue weighted by Crippen LogP contribution is -2.57. The van der Waals surface area contributed by atoms with Crippen LogP contribution in [0.2, 0.25) is 0 Å². The van der Waals surface area contributed by atoms with Gasteiger partial charge in [0.15, 0.2) is 5.96 Å². The largest absolute Gasteiger partial charge is 0.508 e. The molecule has 1 fully saturated rings. The van der Waals surface area contributed by atoms with E-state index < -0.39 is 72.2 Å². The van der Waals surface area contributed by atoms with Gasteiger partial charge in [0.2, 0.25) is 35.4 Å². The maximum Gasteiger partial charge on any atom is 0.246 e. The Labute approximate surface area is 335 Å². The average Bonchev–Trinajstić information content (AvgIpc) is 3.70. The molecule has 14 N–H and O–H groups in total. The summed E-state index contributed by atoms with van der Waals surface area (Å²) in [5.41, 5.74) is 24.6. The number of primary amides is 1. The number of nitrogens with two attached hydrogens (primary N) is 4. The van der Waals surface area contributed by atoms with Gasteiger partial charge in [-0.2, -0.15) is 0 Å². The first-order chi connectivity index (χ1) is 27.7. The summed E-state index contributed by atoms with van der Waals surface area (Å²) in [6.45, 7) is -0.156. The van der Waals surface area contributed by atoms with Gasteiger partial charge >= 0.3 is 0 Å². The van der Waals surface area contributed by atoms with E-state index in [1.54, 1.807) is 54.6 Å². The first kappa shape index (κ1) is 44.0. The molecule has 1 aliphatic rings. The molecule has 6 amide bonds. The fourth-order valence-electron chi connectivity index (χ4n) is 6.49. The van der Waals surface area contributed by atoms with Crippen molar-refractivity contribution in [3.8, 4) is 11.5 Å². The summed E-state index contributed by atoms with van der Waals surface area (Å²) in [4.78, 5) is 85.3. The third-order valence-electron chi connectivity index (χ3n) is 9.52. The van der Waals surface area contributed by atoms with Crippen molar-refractivity contribution < 1.29 is 39.0 Å². The number of benzene rings is 3. The molecule has 4 rings (SSSR count). The Morgan fingerprint density at radius 3 is 1.88 bits per heavy atom. The molecule has 1 heterocycles. The Balaban J connectivity index is 1.47. The lowest BCUT2D eigenvalue weighted by molar-refractivity contribution is -0.140. The van der Waals surface area contributed by atoms with Crippen molar-refractivity contribution in [3.05, 3.63) is 95.6 Å². The maximum atomic E-state index is 13.9. The number of nitrogens with zero attached hydrogens (tertiary/aromatic N) is 2. The third kappa shape index (κ3) is 13.8. The van der Waals surface area contributed by atoms with E-state index in [4.69, 9.17) is 22.9 Å². The summed E-state index contributed by atoms with van der Waals surface area (Å²) in [6, 6.07) is 15.6. The third-order valence-corrected chi connectivity index (χ3v) is 9.52. The van der Waals surface area contributed by atoms with Crippen LogP contribution in [0.3, 0.4) is 0 Å². The molecule has 3 aromatic rings. The summed E-state index contributed by atoms with van der Waals surface area (Å²) >= 11 is 0. The van der Waals surface area contributed by atoms with E-state index in [9.17, 15) is 39.0 Å². The Morgan fingerprint density at radius 1 is 0.707 bits per heavy atom. The van der Waals surface area contributed by atoms with E-state index in [1.165, 1.54) is 29.2 Å². The van der Waals surface area contributed by atoms with Gasteiger partial charge in [-0.05, 0) is 73.1 Å². The predicted octanol–water partition coefficient (Wildman–Crippen LogP) is -1.45. The molecule has 0 radical (unpaired) electrons. The molecule has 5 unspecified atom stereocenters. The van der Waals surface area contributed by atoms with E-state index in [1.807, 2.05) is 0 Å². The minimum absolute atomic E-state index is 0.0118. The first-order valence-electron chi connectivity index (χ1n) is 18.9. The second-order valence-corrected chi connectivity index (χ2v) is 14.0. The second-order valence-electron chi connectivity index (χ2n) is 14.0. The van der Waals surface area contributed by atoms with E-state index in [0.717, 1.165) is 0 Å². The first-order valence-corrected chi connectivity index (χ1v) is 18.9. The van der Waals surface area contributed by atoms with Crippen LogP contribution in [0.1, 0.15) is 42.4 Å². The molecule has 1 saturated heterocycles. The zero-order chi connectivity index (χ0) is 42.2. The van der Waals surface area contributed by atoms with Gasteiger partial charge in [0, 0.05) is 25.9 Å². The minimum atomic E-state index is -1.22. The van der Waals surface area contributed by atoms with Crippen molar-refractivity contribution in [1.29, 1.82) is 0 Å². The molecule has 0 saturated carbocycles.